The average molecular weight is 236 g/mol. The van der Waals surface area contributed by atoms with Crippen LogP contribution in [0.25, 0.3) is 0 Å². The van der Waals surface area contributed by atoms with Gasteiger partial charge in [-0.15, -0.1) is 0 Å². The Kier molecular flexibility index (Phi) is 3.45. The fourth-order valence-corrected chi connectivity index (χ4v) is 4.50. The number of nitrogens with one attached hydrogen (secondary N) is 1. The number of hydrogen-bond donors (Lipinski definition) is 1. The predicted molar refractivity (Wildman–Crippen MR) is 72.1 cm³/mol. The summed E-state index contributed by atoms with van der Waals surface area (Å²) in [6, 6.07) is 2.47. The molecule has 0 radical (unpaired) electrons. The summed E-state index contributed by atoms with van der Waals surface area (Å²) in [6.07, 6.45) is 8.71. The van der Waals surface area contributed by atoms with Crippen molar-refractivity contribution in [2.45, 2.75) is 70.5 Å². The molecule has 2 heterocycles. The van der Waals surface area contributed by atoms with Gasteiger partial charge in [0.15, 0.2) is 0 Å². The predicted octanol–water partition coefficient (Wildman–Crippen LogP) is 2.64. The van der Waals surface area contributed by atoms with Crippen molar-refractivity contribution >= 4 is 0 Å². The first kappa shape index (κ1) is 12.0. The van der Waals surface area contributed by atoms with Crippen molar-refractivity contribution in [3.05, 3.63) is 0 Å². The quantitative estimate of drug-likeness (QED) is 0.793. The Morgan fingerprint density at radius 3 is 2.65 bits per heavy atom. The molecule has 2 aliphatic heterocycles. The molecule has 17 heavy (non-hydrogen) atoms. The van der Waals surface area contributed by atoms with Gasteiger partial charge in [0.2, 0.25) is 0 Å². The van der Waals surface area contributed by atoms with Gasteiger partial charge in [-0.3, -0.25) is 4.90 Å². The number of hydrogen-bond acceptors (Lipinski definition) is 2. The van der Waals surface area contributed by atoms with Crippen LogP contribution < -0.4 is 5.32 Å². The Bertz CT molecular complexity index is 252. The van der Waals surface area contributed by atoms with Crippen LogP contribution in [-0.4, -0.2) is 36.1 Å². The Morgan fingerprint density at radius 2 is 1.94 bits per heavy atom. The molecule has 3 rings (SSSR count). The van der Waals surface area contributed by atoms with Crippen LogP contribution in [-0.2, 0) is 0 Å². The molecule has 1 N–H and O–H groups in total. The van der Waals surface area contributed by atoms with E-state index in [1.165, 1.54) is 51.6 Å². The highest BCUT2D eigenvalue weighted by Crippen LogP contribution is 2.34. The van der Waals surface area contributed by atoms with E-state index in [2.05, 4.69) is 24.1 Å². The maximum Gasteiger partial charge on any atom is 0.0201 e. The zero-order valence-corrected chi connectivity index (χ0v) is 11.5. The Balaban J connectivity index is 1.53. The molecule has 1 aliphatic carbocycles. The molecule has 3 aliphatic rings. The molecule has 0 aromatic rings. The summed E-state index contributed by atoms with van der Waals surface area (Å²) in [5, 5.41) is 3.91. The van der Waals surface area contributed by atoms with Gasteiger partial charge in [0.25, 0.3) is 0 Å². The summed E-state index contributed by atoms with van der Waals surface area (Å²) in [7, 11) is 0. The van der Waals surface area contributed by atoms with Crippen LogP contribution in [0.1, 0.15) is 52.4 Å². The molecule has 2 saturated heterocycles. The van der Waals surface area contributed by atoms with Crippen molar-refractivity contribution in [1.82, 2.24) is 10.2 Å². The fourth-order valence-electron chi connectivity index (χ4n) is 4.50. The monoisotopic (exact) mass is 236 g/mol. The zero-order chi connectivity index (χ0) is 11.8. The summed E-state index contributed by atoms with van der Waals surface area (Å²) in [4.78, 5) is 2.72. The van der Waals surface area contributed by atoms with Crippen LogP contribution in [0.3, 0.4) is 0 Å². The largest absolute Gasteiger partial charge is 0.310 e. The third-order valence-corrected chi connectivity index (χ3v) is 5.31. The van der Waals surface area contributed by atoms with Crippen molar-refractivity contribution in [2.75, 3.05) is 13.1 Å². The summed E-state index contributed by atoms with van der Waals surface area (Å²) >= 11 is 0. The second-order valence-electron chi connectivity index (χ2n) is 6.89. The maximum atomic E-state index is 3.91. The fraction of sp³-hybridized carbons (Fsp3) is 1.00. The van der Waals surface area contributed by atoms with E-state index < -0.39 is 0 Å². The van der Waals surface area contributed by atoms with E-state index in [-0.39, 0.29) is 0 Å². The van der Waals surface area contributed by atoms with E-state index in [4.69, 9.17) is 0 Å². The summed E-state index contributed by atoms with van der Waals surface area (Å²) < 4.78 is 0. The molecule has 1 saturated carbocycles. The van der Waals surface area contributed by atoms with Crippen LogP contribution in [0.4, 0.5) is 0 Å². The molecular formula is C15H28N2. The molecule has 5 unspecified atom stereocenters. The van der Waals surface area contributed by atoms with Gasteiger partial charge in [-0.2, -0.15) is 0 Å². The number of fused-ring (bicyclic) bond motifs is 1. The highest BCUT2D eigenvalue weighted by atomic mass is 15.2. The molecule has 5 atom stereocenters. The lowest BCUT2D eigenvalue weighted by Crippen LogP contribution is -2.41. The van der Waals surface area contributed by atoms with Gasteiger partial charge in [-0.25, -0.2) is 0 Å². The van der Waals surface area contributed by atoms with Crippen LogP contribution >= 0.6 is 0 Å². The molecule has 3 fully saturated rings. The topological polar surface area (TPSA) is 15.3 Å². The van der Waals surface area contributed by atoms with Gasteiger partial charge in [-0.1, -0.05) is 19.8 Å². The highest BCUT2D eigenvalue weighted by molar-refractivity contribution is 4.95. The average Bonchev–Trinajstić information content (AvgIpc) is 2.82. The van der Waals surface area contributed by atoms with E-state index in [0.717, 1.165) is 30.0 Å². The van der Waals surface area contributed by atoms with E-state index in [1.807, 2.05) is 0 Å². The van der Waals surface area contributed by atoms with Crippen molar-refractivity contribution in [2.24, 2.45) is 11.8 Å². The first-order valence-electron chi connectivity index (χ1n) is 7.72. The molecule has 0 aromatic heterocycles. The minimum atomic E-state index is 0.788. The molecule has 2 heteroatoms. The Hall–Kier alpha value is -0.0800. The summed E-state index contributed by atoms with van der Waals surface area (Å²) in [5.41, 5.74) is 0. The van der Waals surface area contributed by atoms with Gasteiger partial charge in [0.05, 0.1) is 0 Å². The van der Waals surface area contributed by atoms with Gasteiger partial charge in [0.1, 0.15) is 0 Å². The molecule has 0 aromatic carbocycles. The lowest BCUT2D eigenvalue weighted by atomic mass is 9.85. The Labute approximate surface area is 106 Å². The normalized spacial score (nSPS) is 47.3. The summed E-state index contributed by atoms with van der Waals surface area (Å²) in [5.74, 6) is 1.91. The van der Waals surface area contributed by atoms with E-state index in [0.29, 0.717) is 0 Å². The molecule has 98 valence electrons. The van der Waals surface area contributed by atoms with Crippen LogP contribution in [0.2, 0.25) is 0 Å². The van der Waals surface area contributed by atoms with Crippen molar-refractivity contribution < 1.29 is 0 Å². The van der Waals surface area contributed by atoms with Gasteiger partial charge in [-0.05, 0) is 44.4 Å². The molecule has 0 amide bonds. The lowest BCUT2D eigenvalue weighted by Gasteiger charge is -2.25. The molecule has 0 bridgehead atoms. The van der Waals surface area contributed by atoms with E-state index in [1.54, 1.807) is 0 Å². The van der Waals surface area contributed by atoms with Crippen molar-refractivity contribution in [1.29, 1.82) is 0 Å². The highest BCUT2D eigenvalue weighted by Gasteiger charge is 2.37. The van der Waals surface area contributed by atoms with Gasteiger partial charge < -0.3 is 5.32 Å². The van der Waals surface area contributed by atoms with E-state index in [9.17, 15) is 0 Å². The standard InChI is InChI=1S/C15H28N2/c1-11-7-12(2)17(9-11)10-14-8-13-5-3-4-6-15(13)16-14/h11-16H,3-10H2,1-2H3. The summed E-state index contributed by atoms with van der Waals surface area (Å²) in [6.45, 7) is 7.44. The minimum Gasteiger partial charge on any atom is -0.310 e. The number of likely N-dealkylation sites (tertiary alicyclic amines) is 1. The first-order valence-corrected chi connectivity index (χ1v) is 7.72. The molecule has 2 nitrogen and oxygen atoms in total. The second kappa shape index (κ2) is 4.89. The van der Waals surface area contributed by atoms with Gasteiger partial charge in [0, 0.05) is 31.2 Å². The number of nitrogens with zero attached hydrogens (tertiary/aromatic N) is 1. The van der Waals surface area contributed by atoms with Crippen LogP contribution in [0, 0.1) is 11.8 Å². The third kappa shape index (κ3) is 2.53. The number of rotatable bonds is 2. The maximum absolute atomic E-state index is 3.91. The second-order valence-corrected chi connectivity index (χ2v) is 6.89. The van der Waals surface area contributed by atoms with Gasteiger partial charge >= 0.3 is 0 Å². The third-order valence-electron chi connectivity index (χ3n) is 5.31. The lowest BCUT2D eigenvalue weighted by molar-refractivity contribution is 0.238. The van der Waals surface area contributed by atoms with Crippen molar-refractivity contribution in [3.8, 4) is 0 Å². The SMILES string of the molecule is CC1CC(C)N(CC2CC3CCCCC3N2)C1. The van der Waals surface area contributed by atoms with Crippen molar-refractivity contribution in [3.63, 3.8) is 0 Å². The Morgan fingerprint density at radius 1 is 1.12 bits per heavy atom. The van der Waals surface area contributed by atoms with Crippen LogP contribution in [0.15, 0.2) is 0 Å². The molecular weight excluding hydrogens is 208 g/mol. The molecule has 0 spiro atoms. The van der Waals surface area contributed by atoms with E-state index >= 15 is 0 Å². The minimum absolute atomic E-state index is 0.788. The zero-order valence-electron chi connectivity index (χ0n) is 11.5. The first-order chi connectivity index (χ1) is 8.22. The smallest absolute Gasteiger partial charge is 0.0201 e. The van der Waals surface area contributed by atoms with Crippen LogP contribution in [0.5, 0.6) is 0 Å².